The van der Waals surface area contributed by atoms with Crippen LogP contribution < -0.4 is 10.5 Å². The maximum absolute atomic E-state index is 11.9. The lowest BCUT2D eigenvalue weighted by atomic mass is 10.2. The molecule has 0 heterocycles. The topological polar surface area (TPSA) is 75.4 Å². The molecule has 0 spiro atoms. The lowest BCUT2D eigenvalue weighted by molar-refractivity contribution is 0.381. The molecule has 0 rings (SSSR count). The van der Waals surface area contributed by atoms with Gasteiger partial charge in [0.2, 0.25) is 0 Å². The summed E-state index contributed by atoms with van der Waals surface area (Å²) >= 11 is 4.74. The van der Waals surface area contributed by atoms with Gasteiger partial charge in [-0.25, -0.2) is 4.72 Å². The molecule has 0 saturated heterocycles. The van der Waals surface area contributed by atoms with Crippen LogP contribution in [0.1, 0.15) is 27.7 Å². The van der Waals surface area contributed by atoms with Crippen LogP contribution in [-0.2, 0) is 10.2 Å². The molecule has 0 atom stereocenters. The molecule has 0 unspecified atom stereocenters. The van der Waals surface area contributed by atoms with Gasteiger partial charge in [-0.2, -0.15) is 12.7 Å². The smallest absolute Gasteiger partial charge is 0.280 e. The van der Waals surface area contributed by atoms with Crippen molar-refractivity contribution in [2.24, 2.45) is 11.7 Å². The predicted molar refractivity (Wildman–Crippen MR) is 70.4 cm³/mol. The quantitative estimate of drug-likeness (QED) is 0.658. The van der Waals surface area contributed by atoms with Crippen LogP contribution in [0.3, 0.4) is 0 Å². The average Bonchev–Trinajstić information content (AvgIpc) is 2.10. The monoisotopic (exact) mass is 267 g/mol. The number of hydrogen-bond donors (Lipinski definition) is 2. The van der Waals surface area contributed by atoms with Gasteiger partial charge < -0.3 is 5.73 Å². The van der Waals surface area contributed by atoms with E-state index in [1.807, 2.05) is 13.8 Å². The zero-order chi connectivity index (χ0) is 12.9. The second-order valence-corrected chi connectivity index (χ2v) is 6.58. The van der Waals surface area contributed by atoms with Gasteiger partial charge in [0.05, 0.1) is 11.5 Å². The van der Waals surface area contributed by atoms with Crippen LogP contribution in [0.15, 0.2) is 0 Å². The van der Waals surface area contributed by atoms with Crippen molar-refractivity contribution >= 4 is 27.4 Å². The number of nitrogens with one attached hydrogen (secondary N) is 1. The van der Waals surface area contributed by atoms with Crippen molar-refractivity contribution in [1.82, 2.24) is 9.03 Å². The van der Waals surface area contributed by atoms with Crippen molar-refractivity contribution < 1.29 is 8.42 Å². The van der Waals surface area contributed by atoms with Gasteiger partial charge in [-0.3, -0.25) is 0 Å². The Labute approximate surface area is 104 Å². The van der Waals surface area contributed by atoms with Crippen LogP contribution in [-0.4, -0.2) is 36.8 Å². The zero-order valence-corrected chi connectivity index (χ0v) is 11.9. The molecule has 0 aromatic heterocycles. The Kier molecular flexibility index (Phi) is 6.39. The van der Waals surface area contributed by atoms with E-state index in [2.05, 4.69) is 4.72 Å². The molecule has 0 aliphatic carbocycles. The second kappa shape index (κ2) is 6.48. The Bertz CT molecular complexity index is 326. The zero-order valence-electron chi connectivity index (χ0n) is 10.2. The van der Waals surface area contributed by atoms with E-state index in [4.69, 9.17) is 18.0 Å². The van der Waals surface area contributed by atoms with E-state index in [-0.39, 0.29) is 23.5 Å². The Morgan fingerprint density at radius 2 is 1.88 bits per heavy atom. The molecule has 0 saturated carbocycles. The Balaban J connectivity index is 4.70. The number of nitrogens with two attached hydrogens (primary N) is 1. The molecule has 96 valence electrons. The van der Waals surface area contributed by atoms with Gasteiger partial charge in [-0.1, -0.05) is 26.1 Å². The van der Waals surface area contributed by atoms with Gasteiger partial charge in [0.25, 0.3) is 10.2 Å². The first-order chi connectivity index (χ1) is 7.16. The van der Waals surface area contributed by atoms with Crippen molar-refractivity contribution in [2.45, 2.75) is 33.7 Å². The lowest BCUT2D eigenvalue weighted by Crippen LogP contribution is -2.48. The van der Waals surface area contributed by atoms with Gasteiger partial charge >= 0.3 is 0 Å². The predicted octanol–water partition coefficient (Wildman–Crippen LogP) is 0.473. The van der Waals surface area contributed by atoms with E-state index in [1.54, 1.807) is 13.8 Å². The van der Waals surface area contributed by atoms with Gasteiger partial charge in [0.15, 0.2) is 0 Å². The van der Waals surface area contributed by atoms with Gasteiger partial charge in [-0.15, -0.1) is 0 Å². The molecule has 0 fully saturated rings. The van der Waals surface area contributed by atoms with E-state index >= 15 is 0 Å². The first kappa shape index (κ1) is 15.8. The Morgan fingerprint density at radius 1 is 1.38 bits per heavy atom. The molecule has 7 heteroatoms. The van der Waals surface area contributed by atoms with E-state index in [0.29, 0.717) is 6.54 Å². The summed E-state index contributed by atoms with van der Waals surface area (Å²) in [5, 5.41) is 0. The molecule has 0 aromatic rings. The van der Waals surface area contributed by atoms with E-state index < -0.39 is 10.2 Å². The molecule has 0 aliphatic rings. The number of nitrogens with zero attached hydrogens (tertiary/aromatic N) is 1. The molecule has 0 radical (unpaired) electrons. The van der Waals surface area contributed by atoms with Crippen LogP contribution in [0.2, 0.25) is 0 Å². The summed E-state index contributed by atoms with van der Waals surface area (Å²) < 4.78 is 27.6. The molecule has 3 N–H and O–H groups in total. The van der Waals surface area contributed by atoms with Crippen LogP contribution in [0.4, 0.5) is 0 Å². The Hall–Kier alpha value is -0.240. The highest BCUT2D eigenvalue weighted by Crippen LogP contribution is 2.05. The van der Waals surface area contributed by atoms with Crippen molar-refractivity contribution in [3.63, 3.8) is 0 Å². The first-order valence-electron chi connectivity index (χ1n) is 5.21. The summed E-state index contributed by atoms with van der Waals surface area (Å²) in [5.74, 6) is 0.258. The van der Waals surface area contributed by atoms with Crippen molar-refractivity contribution in [3.05, 3.63) is 0 Å². The average molecular weight is 267 g/mol. The number of rotatable bonds is 7. The van der Waals surface area contributed by atoms with E-state index in [9.17, 15) is 8.42 Å². The molecular weight excluding hydrogens is 246 g/mol. The van der Waals surface area contributed by atoms with E-state index in [0.717, 1.165) is 0 Å². The first-order valence-corrected chi connectivity index (χ1v) is 7.06. The van der Waals surface area contributed by atoms with Gasteiger partial charge in [-0.05, 0) is 19.8 Å². The molecule has 0 bridgehead atoms. The molecule has 16 heavy (non-hydrogen) atoms. The fourth-order valence-corrected chi connectivity index (χ4v) is 2.85. The molecule has 0 aromatic carbocycles. The largest absolute Gasteiger partial charge is 0.392 e. The second-order valence-electron chi connectivity index (χ2n) is 4.35. The van der Waals surface area contributed by atoms with Crippen LogP contribution >= 0.6 is 12.2 Å². The summed E-state index contributed by atoms with van der Waals surface area (Å²) in [4.78, 5) is 0.170. The maximum Gasteiger partial charge on any atom is 0.280 e. The molecule has 0 aliphatic heterocycles. The van der Waals surface area contributed by atoms with Gasteiger partial charge in [0, 0.05) is 12.6 Å². The number of hydrogen-bond acceptors (Lipinski definition) is 3. The minimum atomic E-state index is -3.50. The fourth-order valence-electron chi connectivity index (χ4n) is 1.05. The summed E-state index contributed by atoms with van der Waals surface area (Å²) in [6.45, 7) is 7.93. The third-order valence-electron chi connectivity index (χ3n) is 1.87. The highest BCUT2D eigenvalue weighted by molar-refractivity contribution is 7.87. The standard InChI is InChI=1S/C9H21N3O2S2/c1-7(2)5-11-16(13,14)12(8(3)4)6-9(10)15/h7-8,11H,5-6H2,1-4H3,(H2,10,15). The highest BCUT2D eigenvalue weighted by Gasteiger charge is 2.25. The van der Waals surface area contributed by atoms with Crippen LogP contribution in [0.25, 0.3) is 0 Å². The molecule has 5 nitrogen and oxygen atoms in total. The molecular formula is C9H21N3O2S2. The lowest BCUT2D eigenvalue weighted by Gasteiger charge is -2.25. The minimum absolute atomic E-state index is 0.0699. The summed E-state index contributed by atoms with van der Waals surface area (Å²) in [7, 11) is -3.50. The van der Waals surface area contributed by atoms with Crippen molar-refractivity contribution in [2.75, 3.05) is 13.1 Å². The highest BCUT2D eigenvalue weighted by atomic mass is 32.2. The van der Waals surface area contributed by atoms with Crippen LogP contribution in [0.5, 0.6) is 0 Å². The maximum atomic E-state index is 11.9. The van der Waals surface area contributed by atoms with Crippen molar-refractivity contribution in [3.8, 4) is 0 Å². The third-order valence-corrected chi connectivity index (χ3v) is 3.70. The van der Waals surface area contributed by atoms with Crippen molar-refractivity contribution in [1.29, 1.82) is 0 Å². The van der Waals surface area contributed by atoms with Crippen LogP contribution in [0, 0.1) is 5.92 Å². The molecule has 0 amide bonds. The third kappa shape index (κ3) is 5.74. The summed E-state index contributed by atoms with van der Waals surface area (Å²) in [6.07, 6.45) is 0. The minimum Gasteiger partial charge on any atom is -0.392 e. The Morgan fingerprint density at radius 3 is 2.19 bits per heavy atom. The number of thiocarbonyl (C=S) groups is 1. The summed E-state index contributed by atoms with van der Waals surface area (Å²) in [6, 6.07) is -0.175. The summed E-state index contributed by atoms with van der Waals surface area (Å²) in [5.41, 5.74) is 5.38. The normalized spacial score (nSPS) is 12.7. The SMILES string of the molecule is CC(C)CNS(=O)(=O)N(CC(N)=S)C(C)C. The fraction of sp³-hybridized carbons (Fsp3) is 0.889. The van der Waals surface area contributed by atoms with Gasteiger partial charge in [0.1, 0.15) is 0 Å². The van der Waals surface area contributed by atoms with E-state index in [1.165, 1.54) is 4.31 Å².